The number of carbonyl (C=O) groups is 1. The molecule has 0 atom stereocenters. The summed E-state index contributed by atoms with van der Waals surface area (Å²) >= 11 is 7.36. The third kappa shape index (κ3) is 4.38. The number of carbonyl (C=O) groups excluding carboxylic acids is 1. The number of thioether (sulfide) groups is 1. The molecule has 0 radical (unpaired) electrons. The Labute approximate surface area is 147 Å². The quantitative estimate of drug-likeness (QED) is 0.604. The van der Waals surface area contributed by atoms with Gasteiger partial charge in [0.15, 0.2) is 5.12 Å². The van der Waals surface area contributed by atoms with Gasteiger partial charge in [-0.1, -0.05) is 35.5 Å². The van der Waals surface area contributed by atoms with E-state index in [1.807, 2.05) is 45.9 Å². The standard InChI is InChI=1S/C16H21BClNO3S/c1-11(20)23-10-13(9-12-7-6-8-19-14(12)18)17-21-15(2,3)16(4,5)22-17/h6-9H,10H2,1-5H3. The third-order valence-electron chi connectivity index (χ3n) is 4.13. The van der Waals surface area contributed by atoms with Gasteiger partial charge in [0, 0.05) is 24.4 Å². The van der Waals surface area contributed by atoms with Gasteiger partial charge in [0.05, 0.1) is 11.2 Å². The van der Waals surface area contributed by atoms with Crippen LogP contribution in [-0.4, -0.2) is 34.2 Å². The highest BCUT2D eigenvalue weighted by molar-refractivity contribution is 8.13. The minimum atomic E-state index is -0.511. The summed E-state index contributed by atoms with van der Waals surface area (Å²) in [5.74, 6) is 0.484. The van der Waals surface area contributed by atoms with Crippen molar-refractivity contribution in [2.75, 3.05) is 5.75 Å². The predicted molar refractivity (Wildman–Crippen MR) is 96.4 cm³/mol. The summed E-state index contributed by atoms with van der Waals surface area (Å²) < 4.78 is 12.2. The van der Waals surface area contributed by atoms with Gasteiger partial charge in [0.2, 0.25) is 0 Å². The van der Waals surface area contributed by atoms with Crippen molar-refractivity contribution in [3.8, 4) is 0 Å². The molecule has 0 bridgehead atoms. The predicted octanol–water partition coefficient (Wildman–Crippen LogP) is 4.03. The van der Waals surface area contributed by atoms with Crippen LogP contribution in [0.15, 0.2) is 23.8 Å². The molecule has 23 heavy (non-hydrogen) atoms. The lowest BCUT2D eigenvalue weighted by Crippen LogP contribution is -2.41. The molecule has 1 aromatic rings. The van der Waals surface area contributed by atoms with Gasteiger partial charge in [-0.3, -0.25) is 4.79 Å². The zero-order valence-corrected chi connectivity index (χ0v) is 15.6. The van der Waals surface area contributed by atoms with Gasteiger partial charge >= 0.3 is 7.12 Å². The van der Waals surface area contributed by atoms with Crippen LogP contribution in [0.25, 0.3) is 6.08 Å². The van der Waals surface area contributed by atoms with Gasteiger partial charge in [-0.05, 0) is 39.2 Å². The monoisotopic (exact) mass is 353 g/mol. The SMILES string of the molecule is CC(=O)SCC(=Cc1cccnc1Cl)B1OC(C)(C)C(C)(C)O1. The van der Waals surface area contributed by atoms with Gasteiger partial charge in [-0.15, -0.1) is 0 Å². The van der Waals surface area contributed by atoms with Crippen molar-refractivity contribution < 1.29 is 14.1 Å². The molecule has 0 spiro atoms. The van der Waals surface area contributed by atoms with Crippen molar-refractivity contribution in [1.82, 2.24) is 4.98 Å². The Morgan fingerprint density at radius 2 is 1.96 bits per heavy atom. The first-order chi connectivity index (χ1) is 10.6. The van der Waals surface area contributed by atoms with Crippen molar-refractivity contribution in [3.63, 3.8) is 0 Å². The van der Waals surface area contributed by atoms with Gasteiger partial charge in [0.1, 0.15) is 5.15 Å². The Hall–Kier alpha value is -0.815. The first kappa shape index (κ1) is 18.5. The highest BCUT2D eigenvalue weighted by Crippen LogP contribution is 2.39. The molecular formula is C16H21BClNO3S. The van der Waals surface area contributed by atoms with E-state index in [-0.39, 0.29) is 5.12 Å². The average molecular weight is 354 g/mol. The van der Waals surface area contributed by atoms with Crippen LogP contribution in [0.2, 0.25) is 5.15 Å². The lowest BCUT2D eigenvalue weighted by molar-refractivity contribution is -0.109. The second-order valence-electron chi connectivity index (χ2n) is 6.47. The van der Waals surface area contributed by atoms with Crippen LogP contribution in [0, 0.1) is 0 Å². The Morgan fingerprint density at radius 3 is 2.48 bits per heavy atom. The van der Waals surface area contributed by atoms with Gasteiger partial charge in [-0.25, -0.2) is 4.98 Å². The number of nitrogens with zero attached hydrogens (tertiary/aromatic N) is 1. The smallest absolute Gasteiger partial charge is 0.400 e. The molecule has 4 nitrogen and oxygen atoms in total. The normalized spacial score (nSPS) is 19.9. The van der Waals surface area contributed by atoms with Crippen molar-refractivity contribution in [1.29, 1.82) is 0 Å². The van der Waals surface area contributed by atoms with E-state index in [4.69, 9.17) is 20.9 Å². The fourth-order valence-corrected chi connectivity index (χ4v) is 2.83. The first-order valence-corrected chi connectivity index (χ1v) is 8.79. The highest BCUT2D eigenvalue weighted by Gasteiger charge is 2.52. The Bertz CT molecular complexity index is 618. The molecule has 0 unspecified atom stereocenters. The van der Waals surface area contributed by atoms with E-state index in [9.17, 15) is 4.79 Å². The maximum absolute atomic E-state index is 11.4. The number of rotatable bonds is 4. The van der Waals surface area contributed by atoms with E-state index in [1.54, 1.807) is 13.1 Å². The number of aromatic nitrogens is 1. The molecule has 0 aliphatic carbocycles. The molecule has 2 heterocycles. The van der Waals surface area contributed by atoms with Gasteiger partial charge in [-0.2, -0.15) is 0 Å². The van der Waals surface area contributed by atoms with Crippen molar-refractivity contribution in [2.45, 2.75) is 45.8 Å². The average Bonchev–Trinajstić information content (AvgIpc) is 2.65. The third-order valence-corrected chi connectivity index (χ3v) is 5.33. The molecule has 1 saturated heterocycles. The molecule has 1 aromatic heterocycles. The van der Waals surface area contributed by atoms with Gasteiger partial charge < -0.3 is 9.31 Å². The van der Waals surface area contributed by atoms with Crippen LogP contribution in [0.1, 0.15) is 40.2 Å². The molecule has 0 N–H and O–H groups in total. The van der Waals surface area contributed by atoms with E-state index < -0.39 is 18.3 Å². The van der Waals surface area contributed by atoms with Crippen LogP contribution >= 0.6 is 23.4 Å². The molecule has 7 heteroatoms. The number of hydrogen-bond donors (Lipinski definition) is 0. The Balaban J connectivity index is 2.32. The molecule has 0 aromatic carbocycles. The summed E-state index contributed by atoms with van der Waals surface area (Å²) in [7, 11) is -0.511. The molecule has 2 rings (SSSR count). The van der Waals surface area contributed by atoms with Crippen LogP contribution in [0.3, 0.4) is 0 Å². The zero-order valence-electron chi connectivity index (χ0n) is 14.1. The second-order valence-corrected chi connectivity index (χ2v) is 7.98. The first-order valence-electron chi connectivity index (χ1n) is 7.42. The topological polar surface area (TPSA) is 48.4 Å². The molecule has 0 amide bonds. The van der Waals surface area contributed by atoms with Crippen molar-refractivity contribution in [3.05, 3.63) is 34.5 Å². The Morgan fingerprint density at radius 1 is 1.35 bits per heavy atom. The van der Waals surface area contributed by atoms with E-state index in [2.05, 4.69) is 4.98 Å². The van der Waals surface area contributed by atoms with Gasteiger partial charge in [0.25, 0.3) is 0 Å². The zero-order chi connectivity index (χ0) is 17.3. The maximum Gasteiger partial charge on any atom is 0.491 e. The van der Waals surface area contributed by atoms with Crippen molar-refractivity contribution >= 4 is 41.7 Å². The lowest BCUT2D eigenvalue weighted by atomic mass is 9.78. The minimum Gasteiger partial charge on any atom is -0.400 e. The fraction of sp³-hybridized carbons (Fsp3) is 0.500. The summed E-state index contributed by atoms with van der Waals surface area (Å²) in [6, 6.07) is 3.69. The number of pyridine rings is 1. The van der Waals surface area contributed by atoms with E-state index >= 15 is 0 Å². The van der Waals surface area contributed by atoms with Crippen LogP contribution in [0.5, 0.6) is 0 Å². The molecule has 0 saturated carbocycles. The van der Waals surface area contributed by atoms with Crippen LogP contribution in [-0.2, 0) is 14.1 Å². The number of hydrogen-bond acceptors (Lipinski definition) is 5. The van der Waals surface area contributed by atoms with E-state index in [0.29, 0.717) is 10.9 Å². The molecule has 1 aliphatic heterocycles. The highest BCUT2D eigenvalue weighted by atomic mass is 35.5. The second kappa shape index (κ2) is 6.97. The van der Waals surface area contributed by atoms with Crippen LogP contribution in [0.4, 0.5) is 0 Å². The minimum absolute atomic E-state index is 0.0460. The van der Waals surface area contributed by atoms with Crippen molar-refractivity contribution in [2.24, 2.45) is 0 Å². The molecule has 1 aliphatic rings. The largest absolute Gasteiger partial charge is 0.491 e. The molecule has 1 fully saturated rings. The van der Waals surface area contributed by atoms with E-state index in [0.717, 1.165) is 11.0 Å². The summed E-state index contributed by atoms with van der Waals surface area (Å²) in [4.78, 5) is 15.4. The maximum atomic E-state index is 11.4. The molecule has 124 valence electrons. The van der Waals surface area contributed by atoms with E-state index in [1.165, 1.54) is 11.8 Å². The summed E-state index contributed by atoms with van der Waals surface area (Å²) in [6.07, 6.45) is 3.53. The van der Waals surface area contributed by atoms with Crippen LogP contribution < -0.4 is 0 Å². The summed E-state index contributed by atoms with van der Waals surface area (Å²) in [5.41, 5.74) is 0.772. The number of halogens is 1. The summed E-state index contributed by atoms with van der Waals surface area (Å²) in [5, 5.41) is 0.457. The fourth-order valence-electron chi connectivity index (χ4n) is 2.06. The Kier molecular flexibility index (Phi) is 5.61. The summed E-state index contributed by atoms with van der Waals surface area (Å²) in [6.45, 7) is 9.54. The molecular weight excluding hydrogens is 333 g/mol. The lowest BCUT2D eigenvalue weighted by Gasteiger charge is -2.32.